The van der Waals surface area contributed by atoms with Gasteiger partial charge in [-0.05, 0) is 86.4 Å². The molecule has 2 aromatic carbocycles. The monoisotopic (exact) mass is 526 g/mol. The highest BCUT2D eigenvalue weighted by molar-refractivity contribution is 7.80. The molecule has 1 saturated heterocycles. The molecular formula is C31H34N4O2S. The van der Waals surface area contributed by atoms with Gasteiger partial charge in [-0.2, -0.15) is 0 Å². The Morgan fingerprint density at radius 1 is 0.974 bits per heavy atom. The van der Waals surface area contributed by atoms with Crippen molar-refractivity contribution in [2.75, 3.05) is 19.1 Å². The highest BCUT2D eigenvalue weighted by atomic mass is 32.1. The lowest BCUT2D eigenvalue weighted by Gasteiger charge is -2.29. The maximum atomic E-state index is 5.98. The van der Waals surface area contributed by atoms with Crippen LogP contribution < -0.4 is 19.7 Å². The van der Waals surface area contributed by atoms with Gasteiger partial charge in [0.15, 0.2) is 5.11 Å². The third-order valence-corrected chi connectivity index (χ3v) is 7.77. The van der Waals surface area contributed by atoms with Gasteiger partial charge in [0.2, 0.25) is 0 Å². The number of nitrogens with one attached hydrogen (secondary N) is 1. The second-order valence-electron chi connectivity index (χ2n) is 9.63. The highest BCUT2D eigenvalue weighted by Gasteiger charge is 2.43. The number of aromatic nitrogens is 2. The molecule has 0 bridgehead atoms. The van der Waals surface area contributed by atoms with Crippen molar-refractivity contribution in [1.29, 1.82) is 0 Å². The van der Waals surface area contributed by atoms with Crippen LogP contribution in [0.25, 0.3) is 5.69 Å². The number of aryl methyl sites for hydroxylation is 3. The number of thiocarbonyl (C=S) groups is 1. The van der Waals surface area contributed by atoms with Crippen molar-refractivity contribution in [3.63, 3.8) is 0 Å². The number of hydrogen-bond donors (Lipinski definition) is 1. The van der Waals surface area contributed by atoms with Gasteiger partial charge in [0.25, 0.3) is 0 Å². The number of pyridine rings is 1. The standard InChI is InChI=1S/C31H34N4O2S/c1-7-22-12-10-11-19(2)29(22)34-20(3)17-24(21(34)4)30-28(25-13-8-9-16-32-25)33-31(38)35(30)26-15-14-23(36-5)18-27(26)37-6/h8-18,28,30H,7H2,1-6H3,(H,33,38)/t28-,30+/m0/s1. The predicted octanol–water partition coefficient (Wildman–Crippen LogP) is 6.55. The first kappa shape index (κ1) is 25.8. The Balaban J connectivity index is 1.73. The van der Waals surface area contributed by atoms with Crippen LogP contribution in [-0.2, 0) is 6.42 Å². The van der Waals surface area contributed by atoms with Crippen molar-refractivity contribution in [3.05, 3.63) is 101 Å². The van der Waals surface area contributed by atoms with Gasteiger partial charge in [-0.25, -0.2) is 0 Å². The summed E-state index contributed by atoms with van der Waals surface area (Å²) in [5, 5.41) is 4.20. The van der Waals surface area contributed by atoms with E-state index in [-0.39, 0.29) is 12.1 Å². The minimum Gasteiger partial charge on any atom is -0.497 e. The Morgan fingerprint density at radius 3 is 2.47 bits per heavy atom. The van der Waals surface area contributed by atoms with Crippen LogP contribution >= 0.6 is 12.2 Å². The molecule has 196 valence electrons. The van der Waals surface area contributed by atoms with Crippen LogP contribution in [0, 0.1) is 20.8 Å². The summed E-state index contributed by atoms with van der Waals surface area (Å²) >= 11 is 5.98. The Morgan fingerprint density at radius 2 is 1.79 bits per heavy atom. The molecule has 1 aliphatic rings. The number of methoxy groups -OCH3 is 2. The SMILES string of the molecule is CCc1cccc(C)c1-n1c(C)cc([C@@H]2[C@H](c3ccccn3)NC(=S)N2c2ccc(OC)cc2OC)c1C. The van der Waals surface area contributed by atoms with Crippen LogP contribution in [-0.4, -0.2) is 28.9 Å². The summed E-state index contributed by atoms with van der Waals surface area (Å²) in [7, 11) is 3.33. The molecule has 7 heteroatoms. The lowest BCUT2D eigenvalue weighted by molar-refractivity contribution is 0.394. The number of nitrogens with zero attached hydrogens (tertiary/aromatic N) is 3. The van der Waals surface area contributed by atoms with Crippen LogP contribution in [0.2, 0.25) is 0 Å². The fourth-order valence-corrected chi connectivity index (χ4v) is 6.01. The average Bonchev–Trinajstić information content (AvgIpc) is 3.43. The molecule has 0 spiro atoms. The lowest BCUT2D eigenvalue weighted by Crippen LogP contribution is -2.30. The van der Waals surface area contributed by atoms with Gasteiger partial charge < -0.3 is 24.3 Å². The summed E-state index contributed by atoms with van der Waals surface area (Å²) in [5.74, 6) is 1.42. The average molecular weight is 527 g/mol. The summed E-state index contributed by atoms with van der Waals surface area (Å²) in [5.41, 5.74) is 9.21. The number of rotatable bonds is 7. The molecular weight excluding hydrogens is 492 g/mol. The van der Waals surface area contributed by atoms with E-state index in [9.17, 15) is 0 Å². The largest absolute Gasteiger partial charge is 0.497 e. The number of anilines is 1. The summed E-state index contributed by atoms with van der Waals surface area (Å²) < 4.78 is 13.7. The molecule has 5 rings (SSSR count). The summed E-state index contributed by atoms with van der Waals surface area (Å²) in [6.45, 7) is 8.78. The van der Waals surface area contributed by atoms with Gasteiger partial charge in [0, 0.05) is 23.7 Å². The zero-order valence-electron chi connectivity index (χ0n) is 22.8. The maximum Gasteiger partial charge on any atom is 0.174 e. The second kappa shape index (κ2) is 10.5. The van der Waals surface area contributed by atoms with Crippen molar-refractivity contribution in [2.45, 2.75) is 46.2 Å². The fourth-order valence-electron chi connectivity index (χ4n) is 5.67. The number of ether oxygens (including phenoxy) is 2. The van der Waals surface area contributed by atoms with Crippen molar-refractivity contribution in [1.82, 2.24) is 14.9 Å². The van der Waals surface area contributed by atoms with Crippen LogP contribution in [0.3, 0.4) is 0 Å². The van der Waals surface area contributed by atoms with Gasteiger partial charge in [-0.15, -0.1) is 0 Å². The minimum absolute atomic E-state index is 0.145. The quantitative estimate of drug-likeness (QED) is 0.276. The Labute approximate surface area is 230 Å². The molecule has 1 N–H and O–H groups in total. The van der Waals surface area contributed by atoms with E-state index in [0.29, 0.717) is 10.9 Å². The molecule has 2 aromatic heterocycles. The van der Waals surface area contributed by atoms with Gasteiger partial charge >= 0.3 is 0 Å². The molecule has 4 aromatic rings. The van der Waals surface area contributed by atoms with Crippen molar-refractivity contribution >= 4 is 23.0 Å². The molecule has 3 heterocycles. The Kier molecular flexibility index (Phi) is 7.13. The van der Waals surface area contributed by atoms with E-state index in [1.807, 2.05) is 36.5 Å². The molecule has 6 nitrogen and oxygen atoms in total. The van der Waals surface area contributed by atoms with Gasteiger partial charge in [0.05, 0.1) is 43.4 Å². The van der Waals surface area contributed by atoms with Crippen LogP contribution in [0.1, 0.15) is 52.8 Å². The molecule has 2 atom stereocenters. The van der Waals surface area contributed by atoms with E-state index >= 15 is 0 Å². The molecule has 0 unspecified atom stereocenters. The molecule has 1 aliphatic heterocycles. The summed E-state index contributed by atoms with van der Waals surface area (Å²) in [6, 6.07) is 20.4. The first-order valence-corrected chi connectivity index (χ1v) is 13.3. The van der Waals surface area contributed by atoms with Gasteiger partial charge in [-0.1, -0.05) is 31.2 Å². The zero-order valence-corrected chi connectivity index (χ0v) is 23.6. The molecule has 0 amide bonds. The molecule has 0 radical (unpaired) electrons. The van der Waals surface area contributed by atoms with E-state index in [4.69, 9.17) is 26.7 Å². The summed E-state index contributed by atoms with van der Waals surface area (Å²) in [6.07, 6.45) is 2.79. The molecule has 38 heavy (non-hydrogen) atoms. The molecule has 1 fully saturated rings. The third-order valence-electron chi connectivity index (χ3n) is 7.46. The predicted molar refractivity (Wildman–Crippen MR) is 157 cm³/mol. The first-order valence-electron chi connectivity index (χ1n) is 12.9. The topological polar surface area (TPSA) is 51.6 Å². The van der Waals surface area contributed by atoms with E-state index < -0.39 is 0 Å². The number of hydrogen-bond acceptors (Lipinski definition) is 4. The van der Waals surface area contributed by atoms with E-state index in [1.54, 1.807) is 14.2 Å². The smallest absolute Gasteiger partial charge is 0.174 e. The van der Waals surface area contributed by atoms with Crippen LogP contribution in [0.15, 0.2) is 66.9 Å². The number of para-hydroxylation sites is 1. The normalized spacial score (nSPS) is 17.0. The fraction of sp³-hybridized carbons (Fsp3) is 0.290. The third kappa shape index (κ3) is 4.31. The maximum absolute atomic E-state index is 5.98. The zero-order chi connectivity index (χ0) is 27.0. The Bertz CT molecular complexity index is 1480. The first-order chi connectivity index (χ1) is 18.4. The van der Waals surface area contributed by atoms with E-state index in [0.717, 1.165) is 23.6 Å². The molecule has 0 saturated carbocycles. The number of benzene rings is 2. The summed E-state index contributed by atoms with van der Waals surface area (Å²) in [4.78, 5) is 6.89. The van der Waals surface area contributed by atoms with Gasteiger partial charge in [0.1, 0.15) is 11.5 Å². The second-order valence-corrected chi connectivity index (χ2v) is 10.0. The van der Waals surface area contributed by atoms with Crippen molar-refractivity contribution < 1.29 is 9.47 Å². The van der Waals surface area contributed by atoms with Gasteiger partial charge in [-0.3, -0.25) is 4.98 Å². The van der Waals surface area contributed by atoms with Crippen molar-refractivity contribution in [2.24, 2.45) is 0 Å². The van der Waals surface area contributed by atoms with E-state index in [2.05, 4.69) is 72.8 Å². The Hall–Kier alpha value is -3.84. The molecule has 0 aliphatic carbocycles. The highest BCUT2D eigenvalue weighted by Crippen LogP contribution is 2.47. The van der Waals surface area contributed by atoms with Crippen LogP contribution in [0.4, 0.5) is 5.69 Å². The van der Waals surface area contributed by atoms with E-state index in [1.165, 1.54) is 33.8 Å². The van der Waals surface area contributed by atoms with Crippen molar-refractivity contribution in [3.8, 4) is 17.2 Å². The minimum atomic E-state index is -0.146. The lowest BCUT2D eigenvalue weighted by atomic mass is 9.96. The van der Waals surface area contributed by atoms with Crippen LogP contribution in [0.5, 0.6) is 11.5 Å².